The number of imidazole rings is 1. The Morgan fingerprint density at radius 1 is 1.19 bits per heavy atom. The number of ether oxygens (including phenoxy) is 1. The maximum Gasteiger partial charge on any atom is 0.348 e. The van der Waals surface area contributed by atoms with Crippen LogP contribution in [0.4, 0.5) is 0 Å². The Morgan fingerprint density at radius 2 is 1.93 bits per heavy atom. The number of carboxylic acid groups (broad SMARTS) is 1. The zero-order valence-corrected chi connectivity index (χ0v) is 15.3. The smallest absolute Gasteiger partial charge is 0.348 e. The first-order valence-electron chi connectivity index (χ1n) is 9.15. The highest BCUT2D eigenvalue weighted by Gasteiger charge is 2.44. The van der Waals surface area contributed by atoms with Gasteiger partial charge in [-0.25, -0.2) is 9.78 Å². The van der Waals surface area contributed by atoms with E-state index in [0.29, 0.717) is 31.7 Å². The van der Waals surface area contributed by atoms with Crippen LogP contribution in [0.15, 0.2) is 54.9 Å². The van der Waals surface area contributed by atoms with E-state index < -0.39 is 11.6 Å². The van der Waals surface area contributed by atoms with E-state index in [0.717, 1.165) is 23.1 Å². The van der Waals surface area contributed by atoms with Crippen LogP contribution in [0, 0.1) is 0 Å². The fraction of sp³-hybridized carbons (Fsp3) is 0.333. The van der Waals surface area contributed by atoms with Crippen molar-refractivity contribution in [3.63, 3.8) is 0 Å². The van der Waals surface area contributed by atoms with Crippen LogP contribution in [0.2, 0.25) is 0 Å². The third-order valence-electron chi connectivity index (χ3n) is 5.37. The molecule has 0 saturated carbocycles. The lowest BCUT2D eigenvalue weighted by molar-refractivity contribution is -0.159. The van der Waals surface area contributed by atoms with Crippen molar-refractivity contribution in [2.24, 2.45) is 7.05 Å². The summed E-state index contributed by atoms with van der Waals surface area (Å²) in [5, 5.41) is 12.0. The maximum atomic E-state index is 12.1. The van der Waals surface area contributed by atoms with Crippen molar-refractivity contribution < 1.29 is 14.6 Å². The fourth-order valence-electron chi connectivity index (χ4n) is 3.64. The molecule has 0 spiro atoms. The summed E-state index contributed by atoms with van der Waals surface area (Å²) in [6, 6.07) is 13.7. The molecule has 2 heterocycles. The minimum atomic E-state index is -1.18. The molecule has 0 amide bonds. The number of rotatable bonds is 5. The van der Waals surface area contributed by atoms with Gasteiger partial charge in [0.25, 0.3) is 0 Å². The van der Waals surface area contributed by atoms with Gasteiger partial charge in [0.2, 0.25) is 5.60 Å². The lowest BCUT2D eigenvalue weighted by Crippen LogP contribution is -2.53. The van der Waals surface area contributed by atoms with Gasteiger partial charge in [0.05, 0.1) is 6.54 Å². The molecule has 2 aromatic carbocycles. The number of aromatic nitrogens is 2. The van der Waals surface area contributed by atoms with Gasteiger partial charge in [-0.1, -0.05) is 30.3 Å². The molecule has 1 N–H and O–H groups in total. The summed E-state index contributed by atoms with van der Waals surface area (Å²) in [6.45, 7) is 2.04. The van der Waals surface area contributed by atoms with Gasteiger partial charge in [0.15, 0.2) is 0 Å². The van der Waals surface area contributed by atoms with Crippen molar-refractivity contribution in [1.29, 1.82) is 0 Å². The number of benzene rings is 2. The molecule has 27 heavy (non-hydrogen) atoms. The normalized spacial score (nSPS) is 17.1. The topological polar surface area (TPSA) is 67.6 Å². The molecule has 6 nitrogen and oxygen atoms in total. The van der Waals surface area contributed by atoms with Gasteiger partial charge in [0, 0.05) is 45.4 Å². The summed E-state index contributed by atoms with van der Waals surface area (Å²) in [7, 11) is 1.97. The van der Waals surface area contributed by atoms with Crippen molar-refractivity contribution in [2.75, 3.05) is 13.1 Å². The maximum absolute atomic E-state index is 12.1. The SMILES string of the molecule is Cn1ccnc1CN1CCC(Oc2ccc3ccccc3c2)(C(=O)O)CC1. The average Bonchev–Trinajstić information content (AvgIpc) is 3.08. The van der Waals surface area contributed by atoms with Gasteiger partial charge >= 0.3 is 5.97 Å². The summed E-state index contributed by atoms with van der Waals surface area (Å²) in [5.41, 5.74) is -1.18. The zero-order valence-electron chi connectivity index (χ0n) is 15.3. The van der Waals surface area contributed by atoms with Crippen LogP contribution in [-0.4, -0.2) is 44.2 Å². The number of nitrogens with zero attached hydrogens (tertiary/aromatic N) is 3. The van der Waals surface area contributed by atoms with E-state index in [1.54, 1.807) is 6.20 Å². The van der Waals surface area contributed by atoms with Crippen LogP contribution < -0.4 is 4.74 Å². The second-order valence-corrected chi connectivity index (χ2v) is 7.14. The Labute approximate surface area is 158 Å². The number of likely N-dealkylation sites (tertiary alicyclic amines) is 1. The number of hydrogen-bond donors (Lipinski definition) is 1. The monoisotopic (exact) mass is 365 g/mol. The molecule has 1 fully saturated rings. The van der Waals surface area contributed by atoms with E-state index in [-0.39, 0.29) is 0 Å². The number of aryl methyl sites for hydroxylation is 1. The molecule has 1 aliphatic heterocycles. The molecule has 3 aromatic rings. The highest BCUT2D eigenvalue weighted by atomic mass is 16.5. The van der Waals surface area contributed by atoms with Crippen LogP contribution in [0.3, 0.4) is 0 Å². The van der Waals surface area contributed by atoms with Crippen molar-refractivity contribution in [3.05, 3.63) is 60.7 Å². The quantitative estimate of drug-likeness (QED) is 0.753. The first-order valence-corrected chi connectivity index (χ1v) is 9.15. The summed E-state index contributed by atoms with van der Waals surface area (Å²) < 4.78 is 8.06. The van der Waals surface area contributed by atoms with E-state index in [1.807, 2.05) is 60.3 Å². The second-order valence-electron chi connectivity index (χ2n) is 7.14. The molecule has 140 valence electrons. The first kappa shape index (κ1) is 17.5. The van der Waals surface area contributed by atoms with Crippen LogP contribution >= 0.6 is 0 Å². The van der Waals surface area contributed by atoms with E-state index >= 15 is 0 Å². The Morgan fingerprint density at radius 3 is 2.59 bits per heavy atom. The third-order valence-corrected chi connectivity index (χ3v) is 5.37. The lowest BCUT2D eigenvalue weighted by atomic mass is 9.91. The summed E-state index contributed by atoms with van der Waals surface area (Å²) >= 11 is 0. The predicted octanol–water partition coefficient (Wildman–Crippen LogP) is 3.07. The molecule has 1 saturated heterocycles. The molecule has 1 aromatic heterocycles. The summed E-state index contributed by atoms with van der Waals surface area (Å²) in [5.74, 6) is 0.689. The van der Waals surface area contributed by atoms with Gasteiger partial charge in [-0.05, 0) is 22.9 Å². The first-order chi connectivity index (χ1) is 13.1. The molecular formula is C21H23N3O3. The van der Waals surface area contributed by atoms with Gasteiger partial charge in [-0.2, -0.15) is 0 Å². The molecule has 6 heteroatoms. The van der Waals surface area contributed by atoms with Crippen LogP contribution in [0.5, 0.6) is 5.75 Å². The zero-order chi connectivity index (χ0) is 18.9. The van der Waals surface area contributed by atoms with E-state index in [4.69, 9.17) is 4.74 Å². The molecule has 1 aliphatic rings. The van der Waals surface area contributed by atoms with E-state index in [2.05, 4.69) is 9.88 Å². The largest absolute Gasteiger partial charge is 0.478 e. The summed E-state index contributed by atoms with van der Waals surface area (Å²) in [6.07, 6.45) is 4.59. The van der Waals surface area contributed by atoms with Crippen molar-refractivity contribution in [3.8, 4) is 5.75 Å². The number of carbonyl (C=O) groups is 1. The van der Waals surface area contributed by atoms with Crippen LogP contribution in [-0.2, 0) is 18.4 Å². The molecular weight excluding hydrogens is 342 g/mol. The third kappa shape index (κ3) is 3.53. The highest BCUT2D eigenvalue weighted by molar-refractivity contribution is 5.84. The number of aliphatic carboxylic acids is 1. The van der Waals surface area contributed by atoms with Gasteiger partial charge in [-0.15, -0.1) is 0 Å². The predicted molar refractivity (Wildman–Crippen MR) is 103 cm³/mol. The number of hydrogen-bond acceptors (Lipinski definition) is 4. The molecule has 0 atom stereocenters. The Balaban J connectivity index is 1.49. The summed E-state index contributed by atoms with van der Waals surface area (Å²) in [4.78, 5) is 18.6. The number of carboxylic acids is 1. The van der Waals surface area contributed by atoms with Crippen molar-refractivity contribution in [2.45, 2.75) is 25.0 Å². The van der Waals surface area contributed by atoms with Crippen LogP contribution in [0.1, 0.15) is 18.7 Å². The number of piperidine rings is 1. The lowest BCUT2D eigenvalue weighted by Gasteiger charge is -2.38. The standard InChI is InChI=1S/C21H23N3O3/c1-23-13-10-22-19(23)15-24-11-8-21(9-12-24,20(25)26)27-18-7-6-16-4-2-3-5-17(16)14-18/h2-7,10,13-14H,8-9,11-12,15H2,1H3,(H,25,26). The van der Waals surface area contributed by atoms with Gasteiger partial charge in [0.1, 0.15) is 11.6 Å². The van der Waals surface area contributed by atoms with E-state index in [1.165, 1.54) is 0 Å². The Bertz CT molecular complexity index is 958. The molecule has 0 radical (unpaired) electrons. The van der Waals surface area contributed by atoms with Gasteiger partial charge < -0.3 is 14.4 Å². The molecule has 4 rings (SSSR count). The Hall–Kier alpha value is -2.86. The number of fused-ring (bicyclic) bond motifs is 1. The molecule has 0 bridgehead atoms. The van der Waals surface area contributed by atoms with Gasteiger partial charge in [-0.3, -0.25) is 4.90 Å². The average molecular weight is 365 g/mol. The minimum absolute atomic E-state index is 0.444. The fourth-order valence-corrected chi connectivity index (χ4v) is 3.64. The van der Waals surface area contributed by atoms with Crippen molar-refractivity contribution in [1.82, 2.24) is 14.5 Å². The highest BCUT2D eigenvalue weighted by Crippen LogP contribution is 2.31. The van der Waals surface area contributed by atoms with Crippen LogP contribution in [0.25, 0.3) is 10.8 Å². The Kier molecular flexibility index (Phi) is 4.58. The molecule has 0 unspecified atom stereocenters. The van der Waals surface area contributed by atoms with E-state index in [9.17, 15) is 9.90 Å². The van der Waals surface area contributed by atoms with Crippen molar-refractivity contribution >= 4 is 16.7 Å². The minimum Gasteiger partial charge on any atom is -0.478 e. The molecule has 0 aliphatic carbocycles. The second kappa shape index (κ2) is 7.04.